The van der Waals surface area contributed by atoms with Crippen molar-refractivity contribution in [3.05, 3.63) is 85.1 Å². The number of hydrogen-bond donors (Lipinski definition) is 0. The van der Waals surface area contributed by atoms with E-state index in [1.807, 2.05) is 0 Å². The van der Waals surface area contributed by atoms with Crippen molar-refractivity contribution in [2.45, 2.75) is 245 Å². The molecule has 0 fully saturated rings. The fourth-order valence-electron chi connectivity index (χ4n) is 7.04. The molecule has 5 heteroatoms. The summed E-state index contributed by atoms with van der Waals surface area (Å²) in [6.07, 6.45) is 68.9. The average molecular weight is 863 g/mol. The first kappa shape index (κ1) is 59.1. The summed E-state index contributed by atoms with van der Waals surface area (Å²) < 4.78 is 17.3. The van der Waals surface area contributed by atoms with E-state index in [-0.39, 0.29) is 25.2 Å². The van der Waals surface area contributed by atoms with Gasteiger partial charge in [0.25, 0.3) is 0 Å². The lowest BCUT2D eigenvalue weighted by atomic mass is 10.1. The first-order valence-corrected chi connectivity index (χ1v) is 26.1. The molecule has 1 unspecified atom stereocenters. The first-order chi connectivity index (χ1) is 30.6. The number of allylic oxidation sites excluding steroid dienone is 14. The van der Waals surface area contributed by atoms with Crippen LogP contribution in [0.1, 0.15) is 239 Å². The smallest absolute Gasteiger partial charge is 0.306 e. The third-order valence-corrected chi connectivity index (χ3v) is 10.9. The molecular formula is C57H98O5. The van der Waals surface area contributed by atoms with Crippen LogP contribution in [0, 0.1) is 0 Å². The monoisotopic (exact) mass is 863 g/mol. The normalized spacial score (nSPS) is 12.9. The Balaban J connectivity index is 4.16. The number of carbonyl (C=O) groups is 2. The molecule has 0 aliphatic heterocycles. The van der Waals surface area contributed by atoms with Gasteiger partial charge in [0.1, 0.15) is 6.61 Å². The van der Waals surface area contributed by atoms with Crippen LogP contribution in [0.2, 0.25) is 0 Å². The molecule has 356 valence electrons. The summed E-state index contributed by atoms with van der Waals surface area (Å²) in [4.78, 5) is 25.3. The van der Waals surface area contributed by atoms with Gasteiger partial charge >= 0.3 is 11.9 Å². The van der Waals surface area contributed by atoms with Crippen LogP contribution < -0.4 is 0 Å². The molecule has 0 saturated heterocycles. The van der Waals surface area contributed by atoms with Crippen molar-refractivity contribution in [1.29, 1.82) is 0 Å². The molecule has 1 atom stereocenters. The highest BCUT2D eigenvalue weighted by molar-refractivity contribution is 5.70. The maximum atomic E-state index is 12.7. The second-order valence-corrected chi connectivity index (χ2v) is 17.0. The van der Waals surface area contributed by atoms with Crippen LogP contribution in [-0.2, 0) is 23.8 Å². The van der Waals surface area contributed by atoms with E-state index in [2.05, 4.69) is 106 Å². The van der Waals surface area contributed by atoms with E-state index in [1.54, 1.807) is 0 Å². The second-order valence-electron chi connectivity index (χ2n) is 17.0. The van der Waals surface area contributed by atoms with Gasteiger partial charge in [-0.3, -0.25) is 9.59 Å². The summed E-state index contributed by atoms with van der Waals surface area (Å²) >= 11 is 0. The fourth-order valence-corrected chi connectivity index (χ4v) is 7.04. The van der Waals surface area contributed by atoms with E-state index < -0.39 is 6.10 Å². The van der Waals surface area contributed by atoms with E-state index in [0.717, 1.165) is 96.3 Å². The maximum Gasteiger partial charge on any atom is 0.306 e. The van der Waals surface area contributed by atoms with Gasteiger partial charge in [-0.15, -0.1) is 0 Å². The SMILES string of the molecule is CC/C=C\C/C=C\C/C=C\C/C=C\CCCCCCCCC(=O)OCC(COCCCCCCCCC/C=C\C/C=C\C/C=C\CCCCC)OC(=O)CCCCCCCCC. The minimum atomic E-state index is -0.548. The standard InChI is InChI=1S/C57H98O5/c1-4-7-10-13-16-18-20-22-24-26-28-30-32-34-36-38-40-43-46-49-52-60-53-55(62-57(59)51-48-45-41-15-12-9-6-3)54-61-56(58)50-47-44-42-39-37-35-33-31-29-27-25-23-21-19-17-14-11-8-5-2/h8,11,16-19,22-25,28-31,55H,4-7,9-10,12-15,20-21,26-27,32-54H2,1-3H3/b11-8-,18-16-,19-17-,24-22-,25-23-,30-28-,31-29-. The van der Waals surface area contributed by atoms with Crippen LogP contribution in [0.25, 0.3) is 0 Å². The van der Waals surface area contributed by atoms with E-state index in [9.17, 15) is 9.59 Å². The van der Waals surface area contributed by atoms with Crippen LogP contribution in [0.15, 0.2) is 85.1 Å². The molecule has 0 radical (unpaired) electrons. The van der Waals surface area contributed by atoms with Crippen LogP contribution in [-0.4, -0.2) is 37.9 Å². The van der Waals surface area contributed by atoms with Crippen molar-refractivity contribution in [3.8, 4) is 0 Å². The lowest BCUT2D eigenvalue weighted by Gasteiger charge is -2.18. The number of unbranched alkanes of at least 4 members (excludes halogenated alkanes) is 22. The van der Waals surface area contributed by atoms with Gasteiger partial charge in [0.05, 0.1) is 6.61 Å². The molecule has 0 heterocycles. The predicted octanol–water partition coefficient (Wildman–Crippen LogP) is 17.7. The maximum absolute atomic E-state index is 12.7. The Morgan fingerprint density at radius 1 is 0.371 bits per heavy atom. The lowest BCUT2D eigenvalue weighted by Crippen LogP contribution is -2.30. The van der Waals surface area contributed by atoms with E-state index in [4.69, 9.17) is 14.2 Å². The molecule has 0 saturated carbocycles. The first-order valence-electron chi connectivity index (χ1n) is 26.1. The Labute approximate surface area is 384 Å². The molecule has 62 heavy (non-hydrogen) atoms. The Kier molecular flexibility index (Phi) is 50.0. The van der Waals surface area contributed by atoms with Gasteiger partial charge < -0.3 is 14.2 Å². The molecule has 0 spiro atoms. The molecule has 0 aliphatic rings. The summed E-state index contributed by atoms with van der Waals surface area (Å²) in [6.45, 7) is 7.62. The van der Waals surface area contributed by atoms with Gasteiger partial charge in [-0.25, -0.2) is 0 Å². The minimum absolute atomic E-state index is 0.0711. The molecule has 5 nitrogen and oxygen atoms in total. The number of esters is 2. The van der Waals surface area contributed by atoms with Gasteiger partial charge in [0.15, 0.2) is 6.10 Å². The van der Waals surface area contributed by atoms with E-state index >= 15 is 0 Å². The highest BCUT2D eigenvalue weighted by Crippen LogP contribution is 2.13. The summed E-state index contributed by atoms with van der Waals surface area (Å²) in [7, 11) is 0. The van der Waals surface area contributed by atoms with Crippen molar-refractivity contribution >= 4 is 11.9 Å². The molecule has 0 amide bonds. The fraction of sp³-hybridized carbons (Fsp3) is 0.719. The molecule has 0 aromatic carbocycles. The molecule has 0 bridgehead atoms. The average Bonchev–Trinajstić information content (AvgIpc) is 3.27. The highest BCUT2D eigenvalue weighted by Gasteiger charge is 2.17. The van der Waals surface area contributed by atoms with Crippen molar-refractivity contribution in [2.75, 3.05) is 19.8 Å². The number of rotatable bonds is 47. The molecule has 0 aromatic rings. The number of ether oxygens (including phenoxy) is 3. The van der Waals surface area contributed by atoms with Crippen LogP contribution >= 0.6 is 0 Å². The van der Waals surface area contributed by atoms with Gasteiger partial charge in [0.2, 0.25) is 0 Å². The zero-order valence-electron chi connectivity index (χ0n) is 40.9. The summed E-state index contributed by atoms with van der Waals surface area (Å²) in [5.74, 6) is -0.424. The topological polar surface area (TPSA) is 61.8 Å². The zero-order valence-corrected chi connectivity index (χ0v) is 40.9. The minimum Gasteiger partial charge on any atom is -0.462 e. The van der Waals surface area contributed by atoms with Gasteiger partial charge in [-0.05, 0) is 96.3 Å². The Morgan fingerprint density at radius 3 is 1.19 bits per heavy atom. The third kappa shape index (κ3) is 49.7. The van der Waals surface area contributed by atoms with Gasteiger partial charge in [-0.1, -0.05) is 215 Å². The van der Waals surface area contributed by atoms with Crippen molar-refractivity contribution < 1.29 is 23.8 Å². The Morgan fingerprint density at radius 2 is 0.726 bits per heavy atom. The largest absolute Gasteiger partial charge is 0.462 e. The van der Waals surface area contributed by atoms with Crippen LogP contribution in [0.4, 0.5) is 0 Å². The van der Waals surface area contributed by atoms with Crippen LogP contribution in [0.5, 0.6) is 0 Å². The summed E-state index contributed by atoms with van der Waals surface area (Å²) in [6, 6.07) is 0. The van der Waals surface area contributed by atoms with Crippen LogP contribution in [0.3, 0.4) is 0 Å². The van der Waals surface area contributed by atoms with E-state index in [1.165, 1.54) is 109 Å². The summed E-state index contributed by atoms with van der Waals surface area (Å²) in [5, 5.41) is 0. The van der Waals surface area contributed by atoms with E-state index in [0.29, 0.717) is 19.4 Å². The molecule has 0 rings (SSSR count). The predicted molar refractivity (Wildman–Crippen MR) is 270 cm³/mol. The molecule has 0 aliphatic carbocycles. The zero-order chi connectivity index (χ0) is 44.9. The van der Waals surface area contributed by atoms with Crippen molar-refractivity contribution in [1.82, 2.24) is 0 Å². The van der Waals surface area contributed by atoms with Gasteiger partial charge in [-0.2, -0.15) is 0 Å². The quantitative estimate of drug-likeness (QED) is 0.0346. The number of hydrogen-bond acceptors (Lipinski definition) is 5. The third-order valence-electron chi connectivity index (χ3n) is 10.9. The Hall–Kier alpha value is -2.92. The second kappa shape index (κ2) is 52.4. The molecular weight excluding hydrogens is 765 g/mol. The lowest BCUT2D eigenvalue weighted by molar-refractivity contribution is -0.163. The summed E-state index contributed by atoms with van der Waals surface area (Å²) in [5.41, 5.74) is 0. The Bertz CT molecular complexity index is 1160. The van der Waals surface area contributed by atoms with Crippen molar-refractivity contribution in [2.24, 2.45) is 0 Å². The molecule has 0 aromatic heterocycles. The number of carbonyl (C=O) groups excluding carboxylic acids is 2. The van der Waals surface area contributed by atoms with Gasteiger partial charge in [0, 0.05) is 19.4 Å². The highest BCUT2D eigenvalue weighted by atomic mass is 16.6. The molecule has 0 N–H and O–H groups in total. The van der Waals surface area contributed by atoms with Crippen molar-refractivity contribution in [3.63, 3.8) is 0 Å².